The van der Waals surface area contributed by atoms with Gasteiger partial charge in [-0.3, -0.25) is 0 Å². The molecule has 1 aliphatic heterocycles. The molecule has 0 bridgehead atoms. The van der Waals surface area contributed by atoms with E-state index in [9.17, 15) is 0 Å². The average molecular weight is 488 g/mol. The molecule has 0 amide bonds. The van der Waals surface area contributed by atoms with Gasteiger partial charge >= 0.3 is 8.32 Å². The number of hydrogen-bond donors (Lipinski definition) is 0. The third-order valence-corrected chi connectivity index (χ3v) is 12.4. The normalized spacial score (nSPS) is 26.5. The predicted molar refractivity (Wildman–Crippen MR) is 144 cm³/mol. The third kappa shape index (κ3) is 4.63. The van der Waals surface area contributed by atoms with Crippen molar-refractivity contribution in [1.29, 1.82) is 0 Å². The minimum Gasteiger partial charge on any atom is -0.537 e. The highest BCUT2D eigenvalue weighted by atomic mass is 28.4. The van der Waals surface area contributed by atoms with Crippen LogP contribution in [0.15, 0.2) is 85.2 Å². The average Bonchev–Trinajstić information content (AvgIpc) is 3.22. The van der Waals surface area contributed by atoms with Gasteiger partial charge in [0, 0.05) is 6.42 Å². The summed E-state index contributed by atoms with van der Waals surface area (Å²) in [6, 6.07) is 21.3. The van der Waals surface area contributed by atoms with E-state index in [1.807, 2.05) is 13.8 Å². The zero-order valence-corrected chi connectivity index (χ0v) is 22.6. The lowest BCUT2D eigenvalue weighted by molar-refractivity contribution is -0.146. The number of ether oxygens (including phenoxy) is 2. The Kier molecular flexibility index (Phi) is 6.85. The zero-order chi connectivity index (χ0) is 25.3. The first kappa shape index (κ1) is 25.4. The van der Waals surface area contributed by atoms with E-state index in [2.05, 4.69) is 98.9 Å². The fourth-order valence-corrected chi connectivity index (χ4v) is 10.1. The van der Waals surface area contributed by atoms with Crippen molar-refractivity contribution in [3.63, 3.8) is 0 Å². The van der Waals surface area contributed by atoms with Gasteiger partial charge in [0.15, 0.2) is 5.79 Å². The van der Waals surface area contributed by atoms with Crippen LogP contribution in [0, 0.1) is 12.5 Å². The van der Waals surface area contributed by atoms with Crippen molar-refractivity contribution in [3.05, 3.63) is 96.6 Å². The summed E-state index contributed by atoms with van der Waals surface area (Å²) in [4.78, 5) is 4.07. The van der Waals surface area contributed by atoms with E-state index >= 15 is 0 Å². The molecule has 2 aromatic carbocycles. The first-order valence-electron chi connectivity index (χ1n) is 12.4. The Hall–Kier alpha value is -2.65. The molecule has 0 radical (unpaired) electrons. The fourth-order valence-electron chi connectivity index (χ4n) is 5.61. The van der Waals surface area contributed by atoms with E-state index in [0.29, 0.717) is 19.4 Å². The van der Waals surface area contributed by atoms with Crippen LogP contribution >= 0.6 is 0 Å². The van der Waals surface area contributed by atoms with Crippen LogP contribution in [-0.4, -0.2) is 32.4 Å². The second-order valence-corrected chi connectivity index (χ2v) is 15.3. The Bertz CT molecular complexity index is 1070. The van der Waals surface area contributed by atoms with E-state index in [0.717, 1.165) is 5.76 Å². The van der Waals surface area contributed by atoms with Crippen LogP contribution in [0.3, 0.4) is 0 Å². The Morgan fingerprint density at radius 1 is 1.06 bits per heavy atom. The Balaban J connectivity index is 1.80. The number of hydrogen-bond acceptors (Lipinski definition) is 3. The maximum Gasteiger partial charge on any atom is 0.319 e. The van der Waals surface area contributed by atoms with Gasteiger partial charge in [0.1, 0.15) is 0 Å². The molecule has 1 aliphatic carbocycles. The molecule has 184 valence electrons. The van der Waals surface area contributed by atoms with E-state index in [4.69, 9.17) is 20.5 Å². The van der Waals surface area contributed by atoms with Crippen molar-refractivity contribution in [2.24, 2.45) is 5.92 Å². The summed E-state index contributed by atoms with van der Waals surface area (Å²) in [5.41, 5.74) is -0.729. The molecule has 1 heterocycles. The van der Waals surface area contributed by atoms with Crippen molar-refractivity contribution in [3.8, 4) is 0 Å². The molecule has 2 aliphatic rings. The highest BCUT2D eigenvalue weighted by Crippen LogP contribution is 2.46. The minimum atomic E-state index is -2.74. The lowest BCUT2D eigenvalue weighted by Crippen LogP contribution is -2.66. The lowest BCUT2D eigenvalue weighted by atomic mass is 9.73. The van der Waals surface area contributed by atoms with Crippen LogP contribution in [0.4, 0.5) is 0 Å². The molecule has 1 fully saturated rings. The monoisotopic (exact) mass is 487 g/mol. The molecule has 0 unspecified atom stereocenters. The summed E-state index contributed by atoms with van der Waals surface area (Å²) in [7, 11) is -2.74. The molecule has 4 nitrogen and oxygen atoms in total. The topological polar surface area (TPSA) is 32.0 Å². The molecule has 2 aromatic rings. The number of rotatable bonds is 6. The predicted octanol–water partition coefficient (Wildman–Crippen LogP) is 5.85. The molecule has 5 heteroatoms. The largest absolute Gasteiger partial charge is 0.537 e. The van der Waals surface area contributed by atoms with Gasteiger partial charge in [0.05, 0.1) is 30.8 Å². The van der Waals surface area contributed by atoms with Crippen LogP contribution in [0.1, 0.15) is 47.5 Å². The lowest BCUT2D eigenvalue weighted by Gasteiger charge is -2.45. The van der Waals surface area contributed by atoms with E-state index in [1.165, 1.54) is 10.4 Å². The first-order valence-corrected chi connectivity index (χ1v) is 14.3. The third-order valence-electron chi connectivity index (χ3n) is 7.46. The zero-order valence-electron chi connectivity index (χ0n) is 21.6. The Morgan fingerprint density at radius 2 is 1.63 bits per heavy atom. The summed E-state index contributed by atoms with van der Waals surface area (Å²) in [5, 5.41) is 2.35. The van der Waals surface area contributed by atoms with Gasteiger partial charge in [-0.25, -0.2) is 6.57 Å². The van der Waals surface area contributed by atoms with Crippen LogP contribution in [0.5, 0.6) is 0 Å². The Labute approximate surface area is 211 Å². The fraction of sp³-hybridized carbons (Fsp3) is 0.433. The molecular formula is C30H37NO3Si. The van der Waals surface area contributed by atoms with Gasteiger partial charge in [0.25, 0.3) is 5.54 Å². The molecule has 1 saturated heterocycles. The molecule has 0 N–H and O–H groups in total. The van der Waals surface area contributed by atoms with Gasteiger partial charge in [-0.15, -0.1) is 0 Å². The van der Waals surface area contributed by atoms with Gasteiger partial charge in [-0.1, -0.05) is 88.0 Å². The quantitative estimate of drug-likeness (QED) is 0.291. The molecular weight excluding hydrogens is 450 g/mol. The SMILES string of the molecule is [C-]#[N+][C@@]1(C=C)CC=C(O[Si](c2ccccc2)(c2ccccc2)C(C)(C)C)C[C@H]1[C@H]1COC(C)(C)O1. The summed E-state index contributed by atoms with van der Waals surface area (Å²) >= 11 is 0. The van der Waals surface area contributed by atoms with E-state index in [-0.39, 0.29) is 17.1 Å². The summed E-state index contributed by atoms with van der Waals surface area (Å²) in [6.07, 6.45) is 4.90. The van der Waals surface area contributed by atoms with Crippen LogP contribution < -0.4 is 10.4 Å². The van der Waals surface area contributed by atoms with Gasteiger partial charge in [-0.05, 0) is 41.4 Å². The number of nitrogens with zero attached hydrogens (tertiary/aromatic N) is 1. The van der Waals surface area contributed by atoms with Gasteiger partial charge in [-0.2, -0.15) is 0 Å². The maximum absolute atomic E-state index is 8.05. The number of benzene rings is 2. The second-order valence-electron chi connectivity index (χ2n) is 11.1. The van der Waals surface area contributed by atoms with Crippen molar-refractivity contribution >= 4 is 18.7 Å². The minimum absolute atomic E-state index is 0.0995. The molecule has 3 atom stereocenters. The molecule has 0 aromatic heterocycles. The highest BCUT2D eigenvalue weighted by molar-refractivity contribution is 6.99. The first-order chi connectivity index (χ1) is 16.6. The van der Waals surface area contributed by atoms with Gasteiger partial charge < -0.3 is 18.7 Å². The standard InChI is InChI=1S/C30H37NO3Si/c1-8-30(31-7)20-19-23(21-26(30)27-22-32-29(5,6)33-27)34-35(28(2,3)4,24-15-11-9-12-16-24)25-17-13-10-14-18-25/h8-19,26-27H,1,20-22H2,2-6H3/t26-,27+,30-/m0/s1. The summed E-state index contributed by atoms with van der Waals surface area (Å²) in [6.45, 7) is 23.3. The summed E-state index contributed by atoms with van der Waals surface area (Å²) < 4.78 is 19.5. The molecule has 35 heavy (non-hydrogen) atoms. The van der Waals surface area contributed by atoms with Crippen molar-refractivity contribution in [1.82, 2.24) is 0 Å². The van der Waals surface area contributed by atoms with Crippen molar-refractivity contribution in [2.75, 3.05) is 6.61 Å². The Morgan fingerprint density at radius 3 is 2.06 bits per heavy atom. The number of allylic oxidation sites excluding steroid dienone is 1. The van der Waals surface area contributed by atoms with Crippen LogP contribution in [0.25, 0.3) is 4.85 Å². The molecule has 0 spiro atoms. The second kappa shape index (κ2) is 9.42. The highest BCUT2D eigenvalue weighted by Gasteiger charge is 2.56. The maximum atomic E-state index is 8.05. The van der Waals surface area contributed by atoms with Crippen LogP contribution in [-0.2, 0) is 13.9 Å². The molecule has 0 saturated carbocycles. The van der Waals surface area contributed by atoms with E-state index < -0.39 is 19.6 Å². The van der Waals surface area contributed by atoms with Crippen LogP contribution in [0.2, 0.25) is 5.04 Å². The van der Waals surface area contributed by atoms with Gasteiger partial charge in [0.2, 0.25) is 0 Å². The van der Waals surface area contributed by atoms with E-state index in [1.54, 1.807) is 6.08 Å². The van der Waals surface area contributed by atoms with Crippen molar-refractivity contribution in [2.45, 2.75) is 69.9 Å². The molecule has 4 rings (SSSR count). The summed E-state index contributed by atoms with van der Waals surface area (Å²) in [5.74, 6) is 0.191. The van der Waals surface area contributed by atoms with Crippen molar-refractivity contribution < 1.29 is 13.9 Å². The smallest absolute Gasteiger partial charge is 0.319 e.